The number of hydroxylamine groups is 2. The van der Waals surface area contributed by atoms with Crippen LogP contribution in [0.3, 0.4) is 0 Å². The van der Waals surface area contributed by atoms with Crippen LogP contribution < -0.4 is 0 Å². The molecule has 0 aliphatic rings. The standard InChI is InChI=1S/C14H17NO4/c1-3-4-10-13(16)15(19-14(17)18-2)11-12-8-6-5-7-9-12/h3,5-9H,1,4,10-11H2,2H3. The molecule has 0 aliphatic heterocycles. The number of allylic oxidation sites excluding steroid dienone is 1. The van der Waals surface area contributed by atoms with Gasteiger partial charge < -0.3 is 9.57 Å². The first-order chi connectivity index (χ1) is 9.17. The Labute approximate surface area is 112 Å². The third-order valence-corrected chi connectivity index (χ3v) is 2.36. The molecule has 0 saturated heterocycles. The first kappa shape index (κ1) is 14.8. The number of amides is 1. The second-order valence-corrected chi connectivity index (χ2v) is 3.79. The van der Waals surface area contributed by atoms with E-state index in [9.17, 15) is 9.59 Å². The predicted octanol–water partition coefficient (Wildman–Crippen LogP) is 2.68. The van der Waals surface area contributed by atoms with Crippen molar-refractivity contribution in [1.29, 1.82) is 0 Å². The Morgan fingerprint density at radius 3 is 2.58 bits per heavy atom. The lowest BCUT2D eigenvalue weighted by molar-refractivity contribution is -0.174. The van der Waals surface area contributed by atoms with E-state index in [1.807, 2.05) is 30.3 Å². The minimum atomic E-state index is -0.914. The normalized spacial score (nSPS) is 9.53. The molecule has 0 heterocycles. The van der Waals surface area contributed by atoms with Gasteiger partial charge in [0.15, 0.2) is 0 Å². The minimum absolute atomic E-state index is 0.186. The molecule has 0 unspecified atom stereocenters. The fourth-order valence-electron chi connectivity index (χ4n) is 1.40. The highest BCUT2D eigenvalue weighted by atomic mass is 16.8. The first-order valence-electron chi connectivity index (χ1n) is 5.88. The van der Waals surface area contributed by atoms with E-state index in [4.69, 9.17) is 4.84 Å². The van der Waals surface area contributed by atoms with Crippen LogP contribution in [0.4, 0.5) is 4.79 Å². The molecule has 0 bridgehead atoms. The molecule has 0 saturated carbocycles. The second kappa shape index (κ2) is 7.92. The van der Waals surface area contributed by atoms with Crippen molar-refractivity contribution >= 4 is 12.1 Å². The van der Waals surface area contributed by atoms with Gasteiger partial charge in [0.05, 0.1) is 13.7 Å². The van der Waals surface area contributed by atoms with Gasteiger partial charge in [0.25, 0.3) is 5.91 Å². The van der Waals surface area contributed by atoms with Crippen molar-refractivity contribution in [2.75, 3.05) is 7.11 Å². The molecule has 19 heavy (non-hydrogen) atoms. The molecule has 1 aromatic carbocycles. The number of nitrogens with zero attached hydrogens (tertiary/aromatic N) is 1. The molecule has 0 aliphatic carbocycles. The second-order valence-electron chi connectivity index (χ2n) is 3.79. The molecule has 1 amide bonds. The quantitative estimate of drug-likeness (QED) is 0.465. The zero-order chi connectivity index (χ0) is 14.1. The SMILES string of the molecule is C=CCCC(=O)N(Cc1ccccc1)OC(=O)OC. The molecule has 0 fully saturated rings. The van der Waals surface area contributed by atoms with Crippen LogP contribution in [0.25, 0.3) is 0 Å². The number of hydrogen-bond donors (Lipinski definition) is 0. The van der Waals surface area contributed by atoms with Crippen molar-refractivity contribution in [1.82, 2.24) is 5.06 Å². The summed E-state index contributed by atoms with van der Waals surface area (Å²) >= 11 is 0. The van der Waals surface area contributed by atoms with Crippen molar-refractivity contribution in [3.05, 3.63) is 48.6 Å². The molecule has 0 aromatic heterocycles. The van der Waals surface area contributed by atoms with E-state index in [2.05, 4.69) is 11.3 Å². The highest BCUT2D eigenvalue weighted by Gasteiger charge is 2.18. The lowest BCUT2D eigenvalue weighted by Gasteiger charge is -2.20. The summed E-state index contributed by atoms with van der Waals surface area (Å²) in [6.45, 7) is 3.74. The average Bonchev–Trinajstić information content (AvgIpc) is 2.44. The van der Waals surface area contributed by atoms with Crippen molar-refractivity contribution in [2.24, 2.45) is 0 Å². The van der Waals surface area contributed by atoms with Gasteiger partial charge in [0.1, 0.15) is 0 Å². The summed E-state index contributed by atoms with van der Waals surface area (Å²) < 4.78 is 4.40. The van der Waals surface area contributed by atoms with E-state index in [0.29, 0.717) is 6.42 Å². The van der Waals surface area contributed by atoms with Gasteiger partial charge in [-0.1, -0.05) is 36.4 Å². The minimum Gasteiger partial charge on any atom is -0.436 e. The summed E-state index contributed by atoms with van der Waals surface area (Å²) in [7, 11) is 1.19. The third kappa shape index (κ3) is 5.25. The molecule has 0 radical (unpaired) electrons. The number of methoxy groups -OCH3 is 1. The largest absolute Gasteiger partial charge is 0.533 e. The summed E-state index contributed by atoms with van der Waals surface area (Å²) in [4.78, 5) is 27.9. The van der Waals surface area contributed by atoms with E-state index < -0.39 is 6.16 Å². The average molecular weight is 263 g/mol. The Morgan fingerprint density at radius 2 is 2.00 bits per heavy atom. The van der Waals surface area contributed by atoms with Gasteiger partial charge in [-0.25, -0.2) is 4.79 Å². The fourth-order valence-corrected chi connectivity index (χ4v) is 1.40. The zero-order valence-electron chi connectivity index (χ0n) is 10.9. The van der Waals surface area contributed by atoms with Gasteiger partial charge in [-0.3, -0.25) is 4.79 Å². The molecule has 5 nitrogen and oxygen atoms in total. The van der Waals surface area contributed by atoms with Gasteiger partial charge in [-0.15, -0.1) is 6.58 Å². The van der Waals surface area contributed by atoms with E-state index in [1.54, 1.807) is 6.08 Å². The number of benzene rings is 1. The summed E-state index contributed by atoms with van der Waals surface area (Å²) in [6, 6.07) is 9.25. The molecule has 0 spiro atoms. The highest BCUT2D eigenvalue weighted by molar-refractivity contribution is 5.76. The van der Waals surface area contributed by atoms with Gasteiger partial charge in [0, 0.05) is 6.42 Å². The van der Waals surface area contributed by atoms with Gasteiger partial charge in [-0.05, 0) is 12.0 Å². The first-order valence-corrected chi connectivity index (χ1v) is 5.88. The number of carbonyl (C=O) groups excluding carboxylic acids is 2. The summed E-state index contributed by atoms with van der Waals surface area (Å²) in [5.41, 5.74) is 0.860. The number of rotatable bonds is 5. The molecular weight excluding hydrogens is 246 g/mol. The monoisotopic (exact) mass is 263 g/mol. The maximum atomic E-state index is 11.9. The molecule has 1 rings (SSSR count). The van der Waals surface area contributed by atoms with Crippen LogP contribution >= 0.6 is 0 Å². The highest BCUT2D eigenvalue weighted by Crippen LogP contribution is 2.09. The predicted molar refractivity (Wildman–Crippen MR) is 69.9 cm³/mol. The van der Waals surface area contributed by atoms with Crippen molar-refractivity contribution in [3.8, 4) is 0 Å². The van der Waals surface area contributed by atoms with E-state index >= 15 is 0 Å². The van der Waals surface area contributed by atoms with Gasteiger partial charge in [0.2, 0.25) is 0 Å². The van der Waals surface area contributed by atoms with Crippen LogP contribution in [0.15, 0.2) is 43.0 Å². The van der Waals surface area contributed by atoms with Crippen LogP contribution in [0.5, 0.6) is 0 Å². The molecular formula is C14H17NO4. The third-order valence-electron chi connectivity index (χ3n) is 2.36. The molecule has 5 heteroatoms. The van der Waals surface area contributed by atoms with Crippen LogP contribution in [-0.4, -0.2) is 24.2 Å². The Bertz CT molecular complexity index is 430. The van der Waals surface area contributed by atoms with Crippen LogP contribution in [-0.2, 0) is 20.9 Å². The van der Waals surface area contributed by atoms with E-state index in [-0.39, 0.29) is 18.9 Å². The van der Waals surface area contributed by atoms with Crippen molar-refractivity contribution < 1.29 is 19.2 Å². The Kier molecular flexibility index (Phi) is 6.15. The van der Waals surface area contributed by atoms with E-state index in [0.717, 1.165) is 10.6 Å². The smallest absolute Gasteiger partial charge is 0.436 e. The number of carbonyl (C=O) groups is 2. The molecule has 0 N–H and O–H groups in total. The summed E-state index contributed by atoms with van der Waals surface area (Å²) in [6.07, 6.45) is 1.47. The Balaban J connectivity index is 2.71. The van der Waals surface area contributed by atoms with Gasteiger partial charge >= 0.3 is 6.16 Å². The van der Waals surface area contributed by atoms with Crippen LogP contribution in [0.1, 0.15) is 18.4 Å². The Hall–Kier alpha value is -2.30. The van der Waals surface area contributed by atoms with Crippen molar-refractivity contribution in [3.63, 3.8) is 0 Å². The molecule has 1 aromatic rings. The van der Waals surface area contributed by atoms with Crippen LogP contribution in [0, 0.1) is 0 Å². The lowest BCUT2D eigenvalue weighted by Crippen LogP contribution is -2.33. The van der Waals surface area contributed by atoms with Crippen LogP contribution in [0.2, 0.25) is 0 Å². The van der Waals surface area contributed by atoms with Gasteiger partial charge in [-0.2, -0.15) is 5.06 Å². The van der Waals surface area contributed by atoms with Crippen molar-refractivity contribution in [2.45, 2.75) is 19.4 Å². The fraction of sp³-hybridized carbons (Fsp3) is 0.286. The topological polar surface area (TPSA) is 55.8 Å². The molecule has 0 atom stereocenters. The maximum absolute atomic E-state index is 11.9. The number of hydrogen-bond acceptors (Lipinski definition) is 4. The Morgan fingerprint density at radius 1 is 1.32 bits per heavy atom. The van der Waals surface area contributed by atoms with E-state index in [1.165, 1.54) is 7.11 Å². The zero-order valence-corrected chi connectivity index (χ0v) is 10.9. The summed E-state index contributed by atoms with van der Waals surface area (Å²) in [5, 5.41) is 1.00. The number of ether oxygens (including phenoxy) is 1. The maximum Gasteiger partial charge on any atom is 0.533 e. The molecule has 102 valence electrons. The lowest BCUT2D eigenvalue weighted by atomic mass is 10.2. The summed E-state index contributed by atoms with van der Waals surface area (Å²) in [5.74, 6) is -0.297.